The third-order valence-electron chi connectivity index (χ3n) is 7.04. The predicted molar refractivity (Wildman–Crippen MR) is 155 cm³/mol. The van der Waals surface area contributed by atoms with Gasteiger partial charge in [0.05, 0.1) is 11.0 Å². The van der Waals surface area contributed by atoms with E-state index in [1.54, 1.807) is 0 Å². The van der Waals surface area contributed by atoms with Crippen LogP contribution in [0.25, 0.3) is 44.2 Å². The van der Waals surface area contributed by atoms with Crippen LogP contribution in [0.15, 0.2) is 109 Å². The summed E-state index contributed by atoms with van der Waals surface area (Å²) in [5.41, 5.74) is 11.9. The molecule has 0 saturated carbocycles. The van der Waals surface area contributed by atoms with Crippen LogP contribution >= 0.6 is 0 Å². The molecule has 0 radical (unpaired) electrons. The fraction of sp³-hybridized carbons (Fsp3) is 0.176. The van der Waals surface area contributed by atoms with E-state index in [0.717, 1.165) is 25.0 Å². The fourth-order valence-electron chi connectivity index (χ4n) is 5.37. The van der Waals surface area contributed by atoms with Crippen molar-refractivity contribution >= 4 is 33.1 Å². The van der Waals surface area contributed by atoms with Crippen molar-refractivity contribution in [2.24, 2.45) is 0 Å². The summed E-state index contributed by atoms with van der Waals surface area (Å²) in [5, 5.41) is 2.53. The third-order valence-corrected chi connectivity index (χ3v) is 7.04. The molecule has 0 amide bonds. The smallest absolute Gasteiger partial charge is 0.0541 e. The lowest BCUT2D eigenvalue weighted by molar-refractivity contribution is 1.18. The summed E-state index contributed by atoms with van der Waals surface area (Å²) in [5.74, 6) is 0. The molecule has 5 rings (SSSR count). The lowest BCUT2D eigenvalue weighted by atomic mass is 9.96. The van der Waals surface area contributed by atoms with E-state index in [1.165, 1.54) is 55.2 Å². The molecule has 1 heterocycles. The van der Waals surface area contributed by atoms with E-state index in [2.05, 4.69) is 110 Å². The Morgan fingerprint density at radius 3 is 2.49 bits per heavy atom. The number of aromatic nitrogens is 1. The van der Waals surface area contributed by atoms with Gasteiger partial charge in [0.2, 0.25) is 0 Å². The van der Waals surface area contributed by atoms with Crippen molar-refractivity contribution in [3.63, 3.8) is 0 Å². The monoisotopic (exact) mass is 455 g/mol. The highest BCUT2D eigenvalue weighted by molar-refractivity contribution is 6.11. The summed E-state index contributed by atoms with van der Waals surface area (Å²) in [6.45, 7) is 10.6. The maximum atomic E-state index is 4.09. The Bertz CT molecular complexity index is 1550. The number of hydrogen-bond donors (Lipinski definition) is 0. The van der Waals surface area contributed by atoms with Crippen molar-refractivity contribution in [1.82, 2.24) is 4.57 Å². The topological polar surface area (TPSA) is 4.93 Å². The Hall–Kier alpha value is -3.84. The van der Waals surface area contributed by atoms with Gasteiger partial charge in [0.1, 0.15) is 0 Å². The van der Waals surface area contributed by atoms with E-state index < -0.39 is 0 Å². The molecule has 0 bridgehead atoms. The molecule has 1 heteroatoms. The Morgan fingerprint density at radius 2 is 1.71 bits per heavy atom. The molecule has 1 aliphatic rings. The summed E-state index contributed by atoms with van der Waals surface area (Å²) < 4.78 is 2.31. The summed E-state index contributed by atoms with van der Waals surface area (Å²) >= 11 is 0. The second-order valence-electron chi connectivity index (χ2n) is 9.12. The molecular formula is C34H33N. The molecular weight excluding hydrogens is 422 g/mol. The van der Waals surface area contributed by atoms with Gasteiger partial charge in [-0.25, -0.2) is 0 Å². The lowest BCUT2D eigenvalue weighted by Crippen LogP contribution is -1.94. The molecule has 0 spiro atoms. The number of para-hydroxylation sites is 1. The molecule has 1 aromatic heterocycles. The van der Waals surface area contributed by atoms with Gasteiger partial charge in [0.25, 0.3) is 0 Å². The van der Waals surface area contributed by atoms with E-state index in [1.807, 2.05) is 19.1 Å². The van der Waals surface area contributed by atoms with Gasteiger partial charge in [-0.15, -0.1) is 0 Å². The van der Waals surface area contributed by atoms with Crippen LogP contribution in [-0.2, 0) is 6.42 Å². The number of rotatable bonds is 7. The highest BCUT2D eigenvalue weighted by Crippen LogP contribution is 2.39. The zero-order valence-electron chi connectivity index (χ0n) is 21.0. The van der Waals surface area contributed by atoms with E-state index in [0.29, 0.717) is 0 Å². The third kappa shape index (κ3) is 4.02. The van der Waals surface area contributed by atoms with Gasteiger partial charge < -0.3 is 4.57 Å². The van der Waals surface area contributed by atoms with Crippen molar-refractivity contribution in [2.45, 2.75) is 40.0 Å². The van der Waals surface area contributed by atoms with E-state index >= 15 is 0 Å². The molecule has 0 fully saturated rings. The largest absolute Gasteiger partial charge is 0.309 e. The first-order chi connectivity index (χ1) is 17.2. The van der Waals surface area contributed by atoms with Gasteiger partial charge >= 0.3 is 0 Å². The molecule has 4 aromatic rings. The zero-order valence-corrected chi connectivity index (χ0v) is 21.0. The van der Waals surface area contributed by atoms with Crippen molar-refractivity contribution in [2.75, 3.05) is 0 Å². The van der Waals surface area contributed by atoms with Crippen molar-refractivity contribution in [1.29, 1.82) is 0 Å². The summed E-state index contributed by atoms with van der Waals surface area (Å²) in [6, 6.07) is 22.6. The fourth-order valence-corrected chi connectivity index (χ4v) is 5.37. The average molecular weight is 456 g/mol. The minimum Gasteiger partial charge on any atom is -0.309 e. The van der Waals surface area contributed by atoms with Gasteiger partial charge in [-0.2, -0.15) is 0 Å². The van der Waals surface area contributed by atoms with Crippen LogP contribution in [0.5, 0.6) is 0 Å². The number of fused-ring (bicyclic) bond motifs is 4. The average Bonchev–Trinajstić information content (AvgIpc) is 3.42. The van der Waals surface area contributed by atoms with Crippen LogP contribution in [0.3, 0.4) is 0 Å². The van der Waals surface area contributed by atoms with Crippen molar-refractivity contribution < 1.29 is 0 Å². The zero-order chi connectivity index (χ0) is 24.4. The van der Waals surface area contributed by atoms with Crippen LogP contribution in [-0.4, -0.2) is 4.57 Å². The number of nitrogens with zero attached hydrogens (tertiary/aromatic N) is 1. The molecule has 0 aliphatic heterocycles. The molecule has 3 aromatic carbocycles. The van der Waals surface area contributed by atoms with Crippen LogP contribution in [0, 0.1) is 0 Å². The summed E-state index contributed by atoms with van der Waals surface area (Å²) in [6.07, 6.45) is 16.0. The molecule has 174 valence electrons. The molecule has 1 aliphatic carbocycles. The second-order valence-corrected chi connectivity index (χ2v) is 9.12. The maximum absolute atomic E-state index is 4.09. The van der Waals surface area contributed by atoms with Gasteiger partial charge in [-0.1, -0.05) is 81.1 Å². The highest BCUT2D eigenvalue weighted by Gasteiger charge is 2.20. The van der Waals surface area contributed by atoms with Gasteiger partial charge in [0, 0.05) is 16.5 Å². The van der Waals surface area contributed by atoms with Crippen LogP contribution in [0.1, 0.15) is 44.7 Å². The number of allylic oxidation sites excluding steroid dienone is 9. The van der Waals surface area contributed by atoms with Gasteiger partial charge in [-0.05, 0) is 96.0 Å². The molecule has 0 unspecified atom stereocenters. The number of hydrogen-bond acceptors (Lipinski definition) is 0. The van der Waals surface area contributed by atoms with E-state index in [-0.39, 0.29) is 0 Å². The van der Waals surface area contributed by atoms with Crippen molar-refractivity contribution in [3.8, 4) is 11.1 Å². The Kier molecular flexibility index (Phi) is 6.42. The Morgan fingerprint density at radius 1 is 0.943 bits per heavy atom. The summed E-state index contributed by atoms with van der Waals surface area (Å²) in [4.78, 5) is 0. The van der Waals surface area contributed by atoms with Gasteiger partial charge in [-0.3, -0.25) is 0 Å². The minimum atomic E-state index is 1.05. The normalized spacial score (nSPS) is 14.2. The van der Waals surface area contributed by atoms with Crippen molar-refractivity contribution in [3.05, 3.63) is 120 Å². The van der Waals surface area contributed by atoms with E-state index in [4.69, 9.17) is 0 Å². The maximum Gasteiger partial charge on any atom is 0.0541 e. The molecule has 1 nitrogen and oxygen atoms in total. The number of benzene rings is 3. The lowest BCUT2D eigenvalue weighted by Gasteiger charge is -2.10. The standard InChI is InChI=1S/C34H33N/c1-5-9-13-26-21-27-18-17-24(22-31(27)29(26)8-4)25-19-20-34-32(23-25)30-15-11-12-16-33(30)35(34)28(7-3)14-10-6-2/h6-7,9-20,22-23H,3,5,8,21H2,1-2,4H3/b10-6-,13-9-,28-14+. The molecule has 0 N–H and O–H groups in total. The second kappa shape index (κ2) is 9.80. The van der Waals surface area contributed by atoms with Crippen LogP contribution < -0.4 is 0 Å². The van der Waals surface area contributed by atoms with Gasteiger partial charge in [0.15, 0.2) is 0 Å². The molecule has 35 heavy (non-hydrogen) atoms. The quantitative estimate of drug-likeness (QED) is 0.244. The van der Waals surface area contributed by atoms with E-state index in [9.17, 15) is 0 Å². The Balaban J connectivity index is 1.67. The first-order valence-electron chi connectivity index (χ1n) is 12.7. The van der Waals surface area contributed by atoms with Crippen LogP contribution in [0.2, 0.25) is 0 Å². The molecule has 0 saturated heterocycles. The SMILES string of the molecule is C=C/C(=C\C=C/C)n1c2ccccc2c2cc(-c3ccc4c(c3)C(CC)=C(/C=C\CC)C4)ccc21. The highest BCUT2D eigenvalue weighted by atomic mass is 15.0. The van der Waals surface area contributed by atoms with Crippen LogP contribution in [0.4, 0.5) is 0 Å². The predicted octanol–water partition coefficient (Wildman–Crippen LogP) is 9.75. The first kappa shape index (κ1) is 22.9. The Labute approximate surface area is 209 Å². The minimum absolute atomic E-state index is 1.05. The molecule has 0 atom stereocenters. The summed E-state index contributed by atoms with van der Waals surface area (Å²) in [7, 11) is 0. The first-order valence-corrected chi connectivity index (χ1v) is 12.7.